The van der Waals surface area contributed by atoms with Gasteiger partial charge in [-0.25, -0.2) is 0 Å². The van der Waals surface area contributed by atoms with Gasteiger partial charge in [0.15, 0.2) is 0 Å². The summed E-state index contributed by atoms with van der Waals surface area (Å²) in [7, 11) is 6.16. The van der Waals surface area contributed by atoms with Crippen molar-refractivity contribution in [3.63, 3.8) is 0 Å². The molecular formula is C17H29N3O. The predicted molar refractivity (Wildman–Crippen MR) is 87.2 cm³/mol. The topological polar surface area (TPSA) is 41.7 Å². The van der Waals surface area contributed by atoms with Crippen molar-refractivity contribution in [2.24, 2.45) is 5.73 Å². The van der Waals surface area contributed by atoms with Gasteiger partial charge in [-0.1, -0.05) is 24.3 Å². The largest absolute Gasteiger partial charge is 0.380 e. The number of ether oxygens (including phenoxy) is 1. The van der Waals surface area contributed by atoms with Crippen LogP contribution in [-0.2, 0) is 11.3 Å². The zero-order chi connectivity index (χ0) is 15.2. The summed E-state index contributed by atoms with van der Waals surface area (Å²) in [6, 6.07) is 9.39. The van der Waals surface area contributed by atoms with E-state index in [-0.39, 0.29) is 6.04 Å². The van der Waals surface area contributed by atoms with Crippen molar-refractivity contribution in [2.75, 3.05) is 40.8 Å². The average molecular weight is 291 g/mol. The molecule has 1 unspecified atom stereocenters. The molecule has 0 spiro atoms. The van der Waals surface area contributed by atoms with E-state index in [1.165, 1.54) is 37.1 Å². The van der Waals surface area contributed by atoms with Crippen molar-refractivity contribution in [1.82, 2.24) is 9.80 Å². The minimum absolute atomic E-state index is 0.268. The van der Waals surface area contributed by atoms with E-state index in [4.69, 9.17) is 10.5 Å². The SMILES string of the molecule is COCc1ccccc1C(CN)N(C)C1CCN(C)CC1. The van der Waals surface area contributed by atoms with Crippen LogP contribution in [-0.4, -0.2) is 56.7 Å². The Balaban J connectivity index is 2.15. The second-order valence-corrected chi connectivity index (χ2v) is 6.08. The summed E-state index contributed by atoms with van der Waals surface area (Å²) in [5.74, 6) is 0. The lowest BCUT2D eigenvalue weighted by atomic mass is 9.95. The molecule has 0 aliphatic carbocycles. The first-order valence-electron chi connectivity index (χ1n) is 7.84. The van der Waals surface area contributed by atoms with Crippen LogP contribution in [0.25, 0.3) is 0 Å². The van der Waals surface area contributed by atoms with Gasteiger partial charge in [0.05, 0.1) is 6.61 Å². The molecule has 118 valence electrons. The van der Waals surface area contributed by atoms with Gasteiger partial charge in [-0.2, -0.15) is 0 Å². The van der Waals surface area contributed by atoms with E-state index in [0.29, 0.717) is 19.2 Å². The Morgan fingerprint density at radius 2 is 2.00 bits per heavy atom. The van der Waals surface area contributed by atoms with Gasteiger partial charge < -0.3 is 15.4 Å². The monoisotopic (exact) mass is 291 g/mol. The normalized spacial score (nSPS) is 19.1. The van der Waals surface area contributed by atoms with E-state index in [2.05, 4.69) is 48.2 Å². The number of benzene rings is 1. The van der Waals surface area contributed by atoms with Crippen molar-refractivity contribution in [3.05, 3.63) is 35.4 Å². The molecule has 1 fully saturated rings. The van der Waals surface area contributed by atoms with E-state index in [9.17, 15) is 0 Å². The minimum Gasteiger partial charge on any atom is -0.380 e. The first kappa shape index (κ1) is 16.4. The van der Waals surface area contributed by atoms with E-state index in [1.54, 1.807) is 7.11 Å². The molecule has 0 amide bonds. The van der Waals surface area contributed by atoms with Gasteiger partial charge in [0.1, 0.15) is 0 Å². The van der Waals surface area contributed by atoms with Gasteiger partial charge in [-0.05, 0) is 51.2 Å². The molecule has 21 heavy (non-hydrogen) atoms. The molecule has 1 saturated heterocycles. The van der Waals surface area contributed by atoms with Gasteiger partial charge in [0.25, 0.3) is 0 Å². The summed E-state index contributed by atoms with van der Waals surface area (Å²) in [5.41, 5.74) is 8.67. The van der Waals surface area contributed by atoms with Crippen molar-refractivity contribution in [3.8, 4) is 0 Å². The maximum absolute atomic E-state index is 6.11. The van der Waals surface area contributed by atoms with Gasteiger partial charge in [-0.15, -0.1) is 0 Å². The summed E-state index contributed by atoms with van der Waals surface area (Å²) >= 11 is 0. The molecule has 0 saturated carbocycles. The molecule has 1 aromatic carbocycles. The molecule has 0 aromatic heterocycles. The summed E-state index contributed by atoms with van der Waals surface area (Å²) in [5, 5.41) is 0. The summed E-state index contributed by atoms with van der Waals surface area (Å²) in [6.45, 7) is 3.63. The van der Waals surface area contributed by atoms with Crippen LogP contribution in [0.1, 0.15) is 30.0 Å². The fourth-order valence-corrected chi connectivity index (χ4v) is 3.32. The number of likely N-dealkylation sites (N-methyl/N-ethyl adjacent to an activating group) is 1. The van der Waals surface area contributed by atoms with Crippen molar-refractivity contribution in [1.29, 1.82) is 0 Å². The summed E-state index contributed by atoms with van der Waals surface area (Å²) in [4.78, 5) is 4.88. The molecule has 1 aliphatic heterocycles. The lowest BCUT2D eigenvalue weighted by molar-refractivity contribution is 0.107. The fraction of sp³-hybridized carbons (Fsp3) is 0.647. The number of piperidine rings is 1. The van der Waals surface area contributed by atoms with Crippen LogP contribution in [0.2, 0.25) is 0 Å². The number of nitrogens with zero attached hydrogens (tertiary/aromatic N) is 2. The molecule has 1 aliphatic rings. The Hall–Kier alpha value is -0.940. The third-order valence-electron chi connectivity index (χ3n) is 4.69. The van der Waals surface area contributed by atoms with Crippen LogP contribution < -0.4 is 5.73 Å². The fourth-order valence-electron chi connectivity index (χ4n) is 3.32. The number of nitrogens with two attached hydrogens (primary N) is 1. The van der Waals surface area contributed by atoms with Crippen LogP contribution in [0.4, 0.5) is 0 Å². The number of hydrogen-bond donors (Lipinski definition) is 1. The number of methoxy groups -OCH3 is 1. The number of likely N-dealkylation sites (tertiary alicyclic amines) is 1. The molecule has 1 atom stereocenters. The van der Waals surface area contributed by atoms with Crippen LogP contribution in [0.5, 0.6) is 0 Å². The molecule has 4 heteroatoms. The molecule has 0 radical (unpaired) electrons. The van der Waals surface area contributed by atoms with E-state index < -0.39 is 0 Å². The molecule has 1 heterocycles. The predicted octanol–water partition coefficient (Wildman–Crippen LogP) is 1.86. The first-order chi connectivity index (χ1) is 10.2. The maximum atomic E-state index is 6.11. The molecule has 0 bridgehead atoms. The Morgan fingerprint density at radius 3 is 2.62 bits per heavy atom. The Labute approximate surface area is 128 Å². The Morgan fingerprint density at radius 1 is 1.33 bits per heavy atom. The molecule has 2 rings (SSSR count). The zero-order valence-electron chi connectivity index (χ0n) is 13.6. The highest BCUT2D eigenvalue weighted by Gasteiger charge is 2.27. The van der Waals surface area contributed by atoms with Crippen LogP contribution in [0.15, 0.2) is 24.3 Å². The van der Waals surface area contributed by atoms with E-state index in [1.807, 2.05) is 0 Å². The van der Waals surface area contributed by atoms with Gasteiger partial charge in [0, 0.05) is 25.7 Å². The van der Waals surface area contributed by atoms with Crippen molar-refractivity contribution in [2.45, 2.75) is 31.5 Å². The van der Waals surface area contributed by atoms with Crippen LogP contribution in [0, 0.1) is 0 Å². The van der Waals surface area contributed by atoms with Crippen LogP contribution in [0.3, 0.4) is 0 Å². The highest BCUT2D eigenvalue weighted by molar-refractivity contribution is 5.30. The maximum Gasteiger partial charge on any atom is 0.0716 e. The second-order valence-electron chi connectivity index (χ2n) is 6.08. The quantitative estimate of drug-likeness (QED) is 0.868. The number of hydrogen-bond acceptors (Lipinski definition) is 4. The van der Waals surface area contributed by atoms with E-state index >= 15 is 0 Å². The van der Waals surface area contributed by atoms with Crippen LogP contribution >= 0.6 is 0 Å². The highest BCUT2D eigenvalue weighted by Crippen LogP contribution is 2.27. The molecule has 4 nitrogen and oxygen atoms in total. The van der Waals surface area contributed by atoms with Crippen molar-refractivity contribution < 1.29 is 4.74 Å². The molecular weight excluding hydrogens is 262 g/mol. The smallest absolute Gasteiger partial charge is 0.0716 e. The van der Waals surface area contributed by atoms with Gasteiger partial charge >= 0.3 is 0 Å². The Kier molecular flexibility index (Phi) is 6.18. The standard InChI is InChI=1S/C17H29N3O/c1-19-10-8-15(9-11-19)20(2)17(12-18)16-7-5-4-6-14(16)13-21-3/h4-7,15,17H,8-13,18H2,1-3H3. The first-order valence-corrected chi connectivity index (χ1v) is 7.84. The van der Waals surface area contributed by atoms with Gasteiger partial charge in [0.2, 0.25) is 0 Å². The lowest BCUT2D eigenvalue weighted by Gasteiger charge is -2.39. The van der Waals surface area contributed by atoms with Crippen molar-refractivity contribution >= 4 is 0 Å². The molecule has 2 N–H and O–H groups in total. The third-order valence-corrected chi connectivity index (χ3v) is 4.69. The third kappa shape index (κ3) is 4.04. The summed E-state index contributed by atoms with van der Waals surface area (Å²) in [6.07, 6.45) is 2.44. The molecule has 1 aromatic rings. The van der Waals surface area contributed by atoms with Gasteiger partial charge in [-0.3, -0.25) is 4.90 Å². The lowest BCUT2D eigenvalue weighted by Crippen LogP contribution is -2.45. The average Bonchev–Trinajstić information content (AvgIpc) is 2.50. The zero-order valence-corrected chi connectivity index (χ0v) is 13.6. The van der Waals surface area contributed by atoms with E-state index in [0.717, 1.165) is 0 Å². The Bertz CT molecular complexity index is 430. The second kappa shape index (κ2) is 7.90. The highest BCUT2D eigenvalue weighted by atomic mass is 16.5. The number of rotatable bonds is 6. The summed E-state index contributed by atoms with van der Waals surface area (Å²) < 4.78 is 5.34. The minimum atomic E-state index is 0.268.